The van der Waals surface area contributed by atoms with Crippen LogP contribution in [0.5, 0.6) is 0 Å². The molecule has 0 amide bonds. The van der Waals surface area contributed by atoms with Crippen LogP contribution >= 0.6 is 0 Å². The quantitative estimate of drug-likeness (QED) is 0.902. The molecule has 1 fully saturated rings. The third-order valence-electron chi connectivity index (χ3n) is 3.26. The van der Waals surface area contributed by atoms with Crippen molar-refractivity contribution in [2.24, 2.45) is 5.73 Å². The first-order chi connectivity index (χ1) is 9.36. The molecule has 0 spiro atoms. The van der Waals surface area contributed by atoms with Crippen molar-refractivity contribution in [2.45, 2.75) is 12.1 Å². The lowest BCUT2D eigenvalue weighted by atomic mass is 10.1. The Bertz CT molecular complexity index is 520. The Morgan fingerprint density at radius 2 is 2.05 bits per heavy atom. The van der Waals surface area contributed by atoms with E-state index in [2.05, 4.69) is 5.10 Å². The molecule has 1 saturated heterocycles. The topological polar surface area (TPSA) is 62.3 Å². The largest absolute Gasteiger partial charge is 0.376 e. The van der Waals surface area contributed by atoms with Crippen LogP contribution in [0.1, 0.15) is 11.7 Å². The van der Waals surface area contributed by atoms with Crippen LogP contribution < -0.4 is 5.73 Å². The fraction of sp³-hybridized carbons (Fsp3) is 0.357. The van der Waals surface area contributed by atoms with Crippen molar-refractivity contribution in [3.8, 4) is 5.69 Å². The molecular weight excluding hydrogens is 242 g/mol. The van der Waals surface area contributed by atoms with Gasteiger partial charge in [-0.3, -0.25) is 0 Å². The zero-order valence-corrected chi connectivity index (χ0v) is 10.6. The molecule has 2 N–H and O–H groups in total. The van der Waals surface area contributed by atoms with E-state index in [0.717, 1.165) is 11.4 Å². The summed E-state index contributed by atoms with van der Waals surface area (Å²) < 4.78 is 12.9. The van der Waals surface area contributed by atoms with Crippen LogP contribution in [0.3, 0.4) is 0 Å². The van der Waals surface area contributed by atoms with E-state index in [1.54, 1.807) is 6.20 Å². The monoisotopic (exact) mass is 259 g/mol. The highest BCUT2D eigenvalue weighted by Gasteiger charge is 2.26. The van der Waals surface area contributed by atoms with Gasteiger partial charge in [-0.1, -0.05) is 18.2 Å². The van der Waals surface area contributed by atoms with Crippen molar-refractivity contribution < 1.29 is 9.47 Å². The van der Waals surface area contributed by atoms with Crippen LogP contribution in [0.2, 0.25) is 0 Å². The van der Waals surface area contributed by atoms with Gasteiger partial charge in [0.05, 0.1) is 37.2 Å². The van der Waals surface area contributed by atoms with Gasteiger partial charge in [-0.05, 0) is 18.2 Å². The van der Waals surface area contributed by atoms with Crippen molar-refractivity contribution in [3.63, 3.8) is 0 Å². The summed E-state index contributed by atoms with van der Waals surface area (Å²) in [5.74, 6) is 0. The van der Waals surface area contributed by atoms with Crippen LogP contribution in [0.4, 0.5) is 0 Å². The van der Waals surface area contributed by atoms with E-state index in [1.165, 1.54) is 0 Å². The maximum atomic E-state index is 6.29. The Hall–Kier alpha value is -1.69. The van der Waals surface area contributed by atoms with E-state index in [-0.39, 0.29) is 12.1 Å². The van der Waals surface area contributed by atoms with E-state index in [0.29, 0.717) is 19.8 Å². The number of hydrogen-bond donors (Lipinski definition) is 1. The molecule has 2 unspecified atom stereocenters. The maximum absolute atomic E-state index is 6.29. The van der Waals surface area contributed by atoms with E-state index in [4.69, 9.17) is 15.2 Å². The molecule has 5 nitrogen and oxygen atoms in total. The zero-order chi connectivity index (χ0) is 13.1. The molecule has 2 aromatic rings. The Labute approximate surface area is 111 Å². The van der Waals surface area contributed by atoms with Crippen LogP contribution in [-0.4, -0.2) is 35.7 Å². The summed E-state index contributed by atoms with van der Waals surface area (Å²) in [4.78, 5) is 0. The number of para-hydroxylation sites is 1. The summed E-state index contributed by atoms with van der Waals surface area (Å²) in [6, 6.07) is 11.6. The molecule has 3 rings (SSSR count). The summed E-state index contributed by atoms with van der Waals surface area (Å²) in [5, 5.41) is 4.34. The molecule has 19 heavy (non-hydrogen) atoms. The van der Waals surface area contributed by atoms with Crippen LogP contribution in [-0.2, 0) is 9.47 Å². The van der Waals surface area contributed by atoms with Crippen LogP contribution in [0.25, 0.3) is 5.69 Å². The lowest BCUT2D eigenvalue weighted by Gasteiger charge is -2.28. The van der Waals surface area contributed by atoms with Gasteiger partial charge in [-0.2, -0.15) is 5.10 Å². The third-order valence-corrected chi connectivity index (χ3v) is 3.26. The molecule has 0 bridgehead atoms. The van der Waals surface area contributed by atoms with Crippen LogP contribution in [0, 0.1) is 0 Å². The molecule has 100 valence electrons. The highest BCUT2D eigenvalue weighted by atomic mass is 16.6. The molecule has 0 radical (unpaired) electrons. The SMILES string of the molecule is NC(c1ccnn1-c1ccccc1)C1COCCO1. The van der Waals surface area contributed by atoms with Crippen molar-refractivity contribution in [2.75, 3.05) is 19.8 Å². The van der Waals surface area contributed by atoms with Gasteiger partial charge in [0, 0.05) is 6.20 Å². The van der Waals surface area contributed by atoms with Gasteiger partial charge in [0.15, 0.2) is 0 Å². The molecule has 1 aromatic carbocycles. The minimum absolute atomic E-state index is 0.118. The molecule has 2 heterocycles. The average molecular weight is 259 g/mol. The first-order valence-corrected chi connectivity index (χ1v) is 6.40. The molecular formula is C14H17N3O2. The normalized spacial score (nSPS) is 21.2. The number of rotatable bonds is 3. The number of hydrogen-bond acceptors (Lipinski definition) is 4. The summed E-state index contributed by atoms with van der Waals surface area (Å²) >= 11 is 0. The van der Waals surface area contributed by atoms with E-state index < -0.39 is 0 Å². The molecule has 0 aliphatic carbocycles. The minimum atomic E-state index is -0.247. The predicted molar refractivity (Wildman–Crippen MR) is 71.1 cm³/mol. The summed E-state index contributed by atoms with van der Waals surface area (Å²) in [5.41, 5.74) is 8.21. The van der Waals surface area contributed by atoms with Crippen LogP contribution in [0.15, 0.2) is 42.6 Å². The number of benzene rings is 1. The van der Waals surface area contributed by atoms with E-state index in [9.17, 15) is 0 Å². The Balaban J connectivity index is 1.87. The highest BCUT2D eigenvalue weighted by Crippen LogP contribution is 2.21. The third kappa shape index (κ3) is 2.53. The second-order valence-corrected chi connectivity index (χ2v) is 4.51. The zero-order valence-electron chi connectivity index (χ0n) is 10.6. The highest BCUT2D eigenvalue weighted by molar-refractivity contribution is 5.33. The first kappa shape index (κ1) is 12.3. The Morgan fingerprint density at radius 3 is 2.79 bits per heavy atom. The van der Waals surface area contributed by atoms with E-state index in [1.807, 2.05) is 41.1 Å². The number of aromatic nitrogens is 2. The summed E-state index contributed by atoms with van der Waals surface area (Å²) in [6.45, 7) is 1.76. The maximum Gasteiger partial charge on any atom is 0.102 e. The number of nitrogens with two attached hydrogens (primary N) is 1. The number of ether oxygens (including phenoxy) is 2. The molecule has 1 aromatic heterocycles. The molecule has 5 heteroatoms. The Kier molecular flexibility index (Phi) is 3.59. The molecule has 0 saturated carbocycles. The minimum Gasteiger partial charge on any atom is -0.376 e. The van der Waals surface area contributed by atoms with Gasteiger partial charge >= 0.3 is 0 Å². The molecule has 1 aliphatic rings. The lowest BCUT2D eigenvalue weighted by molar-refractivity contribution is -0.0982. The molecule has 2 atom stereocenters. The lowest BCUT2D eigenvalue weighted by Crippen LogP contribution is -2.38. The van der Waals surface area contributed by atoms with Crippen molar-refractivity contribution in [1.82, 2.24) is 9.78 Å². The second-order valence-electron chi connectivity index (χ2n) is 4.51. The smallest absolute Gasteiger partial charge is 0.102 e. The molecule has 1 aliphatic heterocycles. The van der Waals surface area contributed by atoms with Gasteiger partial charge in [0.2, 0.25) is 0 Å². The van der Waals surface area contributed by atoms with Gasteiger partial charge < -0.3 is 15.2 Å². The fourth-order valence-corrected chi connectivity index (χ4v) is 2.25. The number of nitrogens with zero attached hydrogens (tertiary/aromatic N) is 2. The predicted octanol–water partition coefficient (Wildman–Crippen LogP) is 1.29. The van der Waals surface area contributed by atoms with Gasteiger partial charge in [-0.25, -0.2) is 4.68 Å². The van der Waals surface area contributed by atoms with Crippen molar-refractivity contribution >= 4 is 0 Å². The van der Waals surface area contributed by atoms with E-state index >= 15 is 0 Å². The fourth-order valence-electron chi connectivity index (χ4n) is 2.25. The second kappa shape index (κ2) is 5.52. The standard InChI is InChI=1S/C14H17N3O2/c15-14(13-10-18-8-9-19-13)12-6-7-16-17(12)11-4-2-1-3-5-11/h1-7,13-14H,8-10,15H2. The van der Waals surface area contributed by atoms with Crippen molar-refractivity contribution in [3.05, 3.63) is 48.3 Å². The summed E-state index contributed by atoms with van der Waals surface area (Å²) in [6.07, 6.45) is 1.64. The van der Waals surface area contributed by atoms with Crippen molar-refractivity contribution in [1.29, 1.82) is 0 Å². The van der Waals surface area contributed by atoms with Gasteiger partial charge in [0.25, 0.3) is 0 Å². The Morgan fingerprint density at radius 1 is 1.21 bits per heavy atom. The average Bonchev–Trinajstić information content (AvgIpc) is 2.98. The summed E-state index contributed by atoms with van der Waals surface area (Å²) in [7, 11) is 0. The van der Waals surface area contributed by atoms with Gasteiger partial charge in [0.1, 0.15) is 6.10 Å². The first-order valence-electron chi connectivity index (χ1n) is 6.40. The van der Waals surface area contributed by atoms with Gasteiger partial charge in [-0.15, -0.1) is 0 Å².